The molecule has 87 heavy (non-hydrogen) atoms. The molecule has 5 nitrogen and oxygen atoms in total. The lowest BCUT2D eigenvalue weighted by atomic mass is 9.62. The van der Waals surface area contributed by atoms with Crippen molar-refractivity contribution in [1.82, 2.24) is 14.1 Å². The molecule has 0 bridgehead atoms. The van der Waals surface area contributed by atoms with E-state index in [1.165, 1.54) is 27.8 Å². The number of rotatable bonds is 6. The van der Waals surface area contributed by atoms with Gasteiger partial charge in [0.05, 0.1) is 33.4 Å². The number of para-hydroxylation sites is 1. The molecule has 0 saturated carbocycles. The van der Waals surface area contributed by atoms with Crippen LogP contribution >= 0.6 is 0 Å². The minimum Gasteiger partial charge on any atom is -0.458 e. The summed E-state index contributed by atoms with van der Waals surface area (Å²) in [6.07, 6.45) is 7.99. The van der Waals surface area contributed by atoms with Crippen molar-refractivity contribution in [2.45, 2.75) is 144 Å². The highest BCUT2D eigenvalue weighted by Crippen LogP contribution is 2.54. The van der Waals surface area contributed by atoms with E-state index < -0.39 is 13.7 Å². The third-order valence-corrected chi connectivity index (χ3v) is 19.0. The highest BCUT2D eigenvalue weighted by molar-refractivity contribution is 6.10. The Labute approximate surface area is 523 Å². The molecular formula is C82H80N4O. The van der Waals surface area contributed by atoms with Crippen molar-refractivity contribution in [3.63, 3.8) is 0 Å². The number of ether oxygens (including phenoxy) is 1. The van der Waals surface area contributed by atoms with E-state index in [4.69, 9.17) is 17.9 Å². The molecule has 2 aliphatic rings. The SMILES string of the molecule is [2H]C([2H])([2H])c1cccc(C([2H])([2H])[2H])c1-c1cc2c3c(c1)n(-c1cccc(Oc4ccc5c6ccccc6n(-c6cc(C(C)(C)C)ccn6)c5c4)c1)[c-][n+]3-c1c(-c3ccc(C(C)(C)C)cc3)cc(C(C)(C)C)cc1-c1cc3c(cc1-c1ccccc1-2)C(C)(C)CCC3(C)C. The number of aromatic nitrogens is 4. The van der Waals surface area contributed by atoms with Crippen LogP contribution in [0.5, 0.6) is 11.5 Å². The van der Waals surface area contributed by atoms with Gasteiger partial charge in [0.15, 0.2) is 0 Å². The van der Waals surface area contributed by atoms with E-state index in [0.29, 0.717) is 28.3 Å². The first-order valence-corrected chi connectivity index (χ1v) is 30.8. The fourth-order valence-electron chi connectivity index (χ4n) is 13.8. The molecular weight excluding hydrogens is 1060 g/mol. The van der Waals surface area contributed by atoms with Gasteiger partial charge in [-0.05, 0) is 209 Å². The Kier molecular flexibility index (Phi) is 11.3. The molecule has 0 fully saturated rings. The summed E-state index contributed by atoms with van der Waals surface area (Å²) >= 11 is 0. The quantitative estimate of drug-likeness (QED) is 0.123. The molecule has 0 N–H and O–H groups in total. The van der Waals surface area contributed by atoms with Crippen LogP contribution in [0.4, 0.5) is 0 Å². The molecule has 0 saturated heterocycles. The van der Waals surface area contributed by atoms with Gasteiger partial charge in [0, 0.05) is 31.3 Å². The van der Waals surface area contributed by atoms with Gasteiger partial charge in [0.25, 0.3) is 6.33 Å². The van der Waals surface area contributed by atoms with Gasteiger partial charge >= 0.3 is 0 Å². The number of nitrogens with zero attached hydrogens (tertiary/aromatic N) is 4. The second-order valence-corrected chi connectivity index (χ2v) is 28.9. The second kappa shape index (κ2) is 19.9. The molecule has 14 rings (SSSR count). The van der Waals surface area contributed by atoms with Crippen molar-refractivity contribution in [1.29, 1.82) is 0 Å². The first-order chi connectivity index (χ1) is 43.7. The molecule has 1 aliphatic carbocycles. The van der Waals surface area contributed by atoms with E-state index in [9.17, 15) is 0 Å². The van der Waals surface area contributed by atoms with E-state index in [1.54, 1.807) is 18.2 Å². The van der Waals surface area contributed by atoms with E-state index in [-0.39, 0.29) is 43.8 Å². The average Bonchev–Trinajstić information content (AvgIpc) is 1.65. The molecule has 9 aromatic carbocycles. The Bertz CT molecular complexity index is 5000. The number of benzene rings is 9. The molecule has 3 aromatic heterocycles. The summed E-state index contributed by atoms with van der Waals surface area (Å²) in [7, 11) is 0. The van der Waals surface area contributed by atoms with E-state index in [1.807, 2.05) is 48.7 Å². The van der Waals surface area contributed by atoms with Gasteiger partial charge in [0.1, 0.15) is 17.3 Å². The van der Waals surface area contributed by atoms with Crippen LogP contribution < -0.4 is 9.30 Å². The zero-order valence-corrected chi connectivity index (χ0v) is 52.5. The number of aryl methyl sites for hydroxylation is 2. The van der Waals surface area contributed by atoms with Gasteiger partial charge in [-0.25, -0.2) is 4.98 Å². The van der Waals surface area contributed by atoms with Crippen LogP contribution in [0, 0.1) is 20.0 Å². The standard InChI is InChI=1S/C82H80N4O/c1-50-22-20-23-51(2)75(50)53-40-67-61-27-17-16-26-60(61)65-47-69-70(82(14,15)38-37-81(69,12)13)48-66(65)68-43-56(80(9,10)11)42-64(52-30-32-54(33-31-52)78(3,4)5)76(68)85-49-84(73(41-53)77(67)85)57-24-21-25-58(45-57)87-59-34-35-63-62-28-18-19-29-71(62)86(72(63)46-59)74-44-55(36-39-83-74)79(6,7)8/h16-36,39-48H,37-38H2,1-15H3/i1D3,2D3. The molecule has 0 amide bonds. The Morgan fingerprint density at radius 2 is 1.09 bits per heavy atom. The van der Waals surface area contributed by atoms with Gasteiger partial charge in [-0.1, -0.05) is 205 Å². The Morgan fingerprint density at radius 1 is 0.483 bits per heavy atom. The van der Waals surface area contributed by atoms with Crippen molar-refractivity contribution < 1.29 is 17.5 Å². The highest BCUT2D eigenvalue weighted by Gasteiger charge is 2.39. The van der Waals surface area contributed by atoms with Crippen LogP contribution in [0.2, 0.25) is 0 Å². The predicted molar refractivity (Wildman–Crippen MR) is 364 cm³/mol. The van der Waals surface area contributed by atoms with Crippen molar-refractivity contribution in [2.75, 3.05) is 0 Å². The Morgan fingerprint density at radius 3 is 1.77 bits per heavy atom. The first-order valence-electron chi connectivity index (χ1n) is 33.8. The van der Waals surface area contributed by atoms with Crippen molar-refractivity contribution >= 4 is 32.8 Å². The molecule has 0 spiro atoms. The fourth-order valence-corrected chi connectivity index (χ4v) is 13.8. The molecule has 12 aromatic rings. The summed E-state index contributed by atoms with van der Waals surface area (Å²) < 4.78 is 67.7. The molecule has 0 radical (unpaired) electrons. The van der Waals surface area contributed by atoms with E-state index >= 15 is 0 Å². The zero-order valence-electron chi connectivity index (χ0n) is 58.5. The largest absolute Gasteiger partial charge is 0.458 e. The minimum atomic E-state index is -2.67. The van der Waals surface area contributed by atoms with Crippen LogP contribution in [0.25, 0.3) is 106 Å². The number of imidazole rings is 1. The van der Waals surface area contributed by atoms with Crippen LogP contribution in [-0.4, -0.2) is 14.1 Å². The molecule has 5 heteroatoms. The lowest BCUT2D eigenvalue weighted by molar-refractivity contribution is -0.570. The van der Waals surface area contributed by atoms with Gasteiger partial charge in [0.2, 0.25) is 0 Å². The Balaban J connectivity index is 1.09. The predicted octanol–water partition coefficient (Wildman–Crippen LogP) is 21.5. The third kappa shape index (κ3) is 9.43. The summed E-state index contributed by atoms with van der Waals surface area (Å²) in [4.78, 5) is 4.95. The van der Waals surface area contributed by atoms with Gasteiger partial charge in [-0.3, -0.25) is 13.7 Å². The second-order valence-electron chi connectivity index (χ2n) is 28.9. The zero-order chi connectivity index (χ0) is 65.9. The summed E-state index contributed by atoms with van der Waals surface area (Å²) in [6, 6.07) is 63.0. The van der Waals surface area contributed by atoms with Gasteiger partial charge in [-0.15, -0.1) is 0 Å². The summed E-state index contributed by atoms with van der Waals surface area (Å²) in [5.74, 6) is 2.03. The fraction of sp³-hybridized carbons (Fsp3) is 0.268. The van der Waals surface area contributed by atoms with Crippen LogP contribution in [-0.2, 0) is 27.1 Å². The highest BCUT2D eigenvalue weighted by atomic mass is 16.5. The summed E-state index contributed by atoms with van der Waals surface area (Å²) in [6.45, 7) is 24.4. The monoisotopic (exact) mass is 1140 g/mol. The molecule has 0 unspecified atom stereocenters. The Hall–Kier alpha value is -8.80. The maximum atomic E-state index is 9.03. The lowest BCUT2D eigenvalue weighted by Crippen LogP contribution is -2.34. The molecule has 4 heterocycles. The molecule has 1 aliphatic heterocycles. The molecule has 434 valence electrons. The number of hydrogen-bond acceptors (Lipinski definition) is 2. The smallest absolute Gasteiger partial charge is 0.269 e. The summed E-state index contributed by atoms with van der Waals surface area (Å²) in [5.41, 5.74) is 19.1. The van der Waals surface area contributed by atoms with Gasteiger partial charge in [-0.2, -0.15) is 0 Å². The molecule has 0 atom stereocenters. The third-order valence-electron chi connectivity index (χ3n) is 19.0. The first kappa shape index (κ1) is 49.3. The maximum Gasteiger partial charge on any atom is 0.269 e. The normalized spacial score (nSPS) is 15.8. The topological polar surface area (TPSA) is 35.9 Å². The van der Waals surface area contributed by atoms with Gasteiger partial charge < -0.3 is 4.74 Å². The number of pyridine rings is 1. The van der Waals surface area contributed by atoms with Crippen LogP contribution in [0.15, 0.2) is 188 Å². The number of hydrogen-bond donors (Lipinski definition) is 0. The van der Waals surface area contributed by atoms with Crippen LogP contribution in [0.3, 0.4) is 0 Å². The lowest BCUT2D eigenvalue weighted by Gasteiger charge is -2.42. The maximum absolute atomic E-state index is 9.03. The van der Waals surface area contributed by atoms with Crippen molar-refractivity contribution in [2.24, 2.45) is 0 Å². The van der Waals surface area contributed by atoms with E-state index in [2.05, 4.69) is 231 Å². The average molecular weight is 1140 g/mol. The van der Waals surface area contributed by atoms with Crippen molar-refractivity contribution in [3.05, 3.63) is 233 Å². The minimum absolute atomic E-state index is 0.0408. The van der Waals surface area contributed by atoms with Crippen LogP contribution in [0.1, 0.15) is 150 Å². The van der Waals surface area contributed by atoms with Crippen molar-refractivity contribution in [3.8, 4) is 84.3 Å². The summed E-state index contributed by atoms with van der Waals surface area (Å²) in [5, 5.41) is 2.18. The number of fused-ring (bicyclic) bond motifs is 11. The van der Waals surface area contributed by atoms with E-state index in [0.717, 1.165) is 96.2 Å².